The highest BCUT2D eigenvalue weighted by Gasteiger charge is 2.18. The van der Waals surface area contributed by atoms with Gasteiger partial charge in [0.1, 0.15) is 0 Å². The van der Waals surface area contributed by atoms with E-state index in [1.54, 1.807) is 32.0 Å². The van der Waals surface area contributed by atoms with Crippen LogP contribution >= 0.6 is 12.6 Å². The lowest BCUT2D eigenvalue weighted by Crippen LogP contribution is -2.13. The molecule has 1 aromatic rings. The summed E-state index contributed by atoms with van der Waals surface area (Å²) in [5.41, 5.74) is 0.730. The minimum absolute atomic E-state index is 0.338. The topological polar surface area (TPSA) is 34.1 Å². The molecule has 0 saturated heterocycles. The molecule has 0 N–H and O–H groups in total. The van der Waals surface area contributed by atoms with Gasteiger partial charge in [0.25, 0.3) is 0 Å². The molecule has 0 spiro atoms. The molecule has 1 rings (SSSR count). The lowest BCUT2D eigenvalue weighted by Gasteiger charge is -2.07. The Morgan fingerprint density at radius 3 is 2.65 bits per heavy atom. The zero-order valence-electron chi connectivity index (χ0n) is 9.97. The van der Waals surface area contributed by atoms with E-state index < -0.39 is 15.1 Å². The van der Waals surface area contributed by atoms with E-state index in [0.717, 1.165) is 5.56 Å². The first-order valence-corrected chi connectivity index (χ1v) is 7.60. The third-order valence-electron chi connectivity index (χ3n) is 2.25. The molecular weight excluding hydrogens is 252 g/mol. The Labute approximate surface area is 109 Å². The van der Waals surface area contributed by atoms with E-state index in [9.17, 15) is 8.42 Å². The van der Waals surface area contributed by atoms with Crippen LogP contribution in [0.2, 0.25) is 0 Å². The monoisotopic (exact) mass is 268 g/mol. The number of hydrogen-bond acceptors (Lipinski definition) is 3. The maximum atomic E-state index is 12.0. The van der Waals surface area contributed by atoms with Crippen molar-refractivity contribution >= 4 is 22.5 Å². The lowest BCUT2D eigenvalue weighted by molar-refractivity contribution is 0.587. The van der Waals surface area contributed by atoms with Crippen molar-refractivity contribution in [1.82, 2.24) is 0 Å². The molecular formula is C13H16O2S2. The summed E-state index contributed by atoms with van der Waals surface area (Å²) < 4.78 is 23.9. The van der Waals surface area contributed by atoms with Crippen LogP contribution in [0.15, 0.2) is 29.2 Å². The van der Waals surface area contributed by atoms with Gasteiger partial charge in [-0.25, -0.2) is 8.42 Å². The summed E-state index contributed by atoms with van der Waals surface area (Å²) in [6.45, 7) is 3.35. The van der Waals surface area contributed by atoms with Crippen molar-refractivity contribution < 1.29 is 8.42 Å². The van der Waals surface area contributed by atoms with Gasteiger partial charge in [-0.05, 0) is 32.0 Å². The molecule has 4 heteroatoms. The third-order valence-corrected chi connectivity index (χ3v) is 4.63. The van der Waals surface area contributed by atoms with E-state index in [2.05, 4.69) is 24.5 Å². The number of thiol groups is 1. The Bertz CT molecular complexity index is 534. The van der Waals surface area contributed by atoms with Gasteiger partial charge in [0.05, 0.1) is 10.1 Å². The van der Waals surface area contributed by atoms with E-state index >= 15 is 0 Å². The zero-order chi connectivity index (χ0) is 12.9. The predicted octanol–water partition coefficient (Wildman–Crippen LogP) is 2.54. The van der Waals surface area contributed by atoms with E-state index in [4.69, 9.17) is 0 Å². The average molecular weight is 268 g/mol. The largest absolute Gasteiger partial charge is 0.223 e. The van der Waals surface area contributed by atoms with Gasteiger partial charge < -0.3 is 0 Å². The lowest BCUT2D eigenvalue weighted by atomic mass is 10.2. The fourth-order valence-electron chi connectivity index (χ4n) is 1.24. The SMILES string of the molecule is CC(C)S(=O)(=O)c1cccc(C#CCCS)c1. The molecule has 0 amide bonds. The molecule has 0 aliphatic carbocycles. The first-order valence-electron chi connectivity index (χ1n) is 5.42. The summed E-state index contributed by atoms with van der Waals surface area (Å²) in [6, 6.07) is 6.77. The molecule has 92 valence electrons. The molecule has 0 aliphatic heterocycles. The minimum Gasteiger partial charge on any atom is -0.223 e. The highest BCUT2D eigenvalue weighted by molar-refractivity contribution is 7.92. The van der Waals surface area contributed by atoms with Gasteiger partial charge in [-0.15, -0.1) is 0 Å². The minimum atomic E-state index is -3.21. The van der Waals surface area contributed by atoms with Crippen molar-refractivity contribution in [2.45, 2.75) is 30.4 Å². The molecule has 0 heterocycles. The first-order chi connectivity index (χ1) is 7.98. The van der Waals surface area contributed by atoms with Gasteiger partial charge in [0.2, 0.25) is 0 Å². The summed E-state index contributed by atoms with van der Waals surface area (Å²) in [4.78, 5) is 0.338. The Balaban J connectivity index is 3.07. The number of hydrogen-bond donors (Lipinski definition) is 1. The normalized spacial score (nSPS) is 11.1. The third kappa shape index (κ3) is 3.79. The van der Waals surface area contributed by atoms with Crippen LogP contribution in [-0.4, -0.2) is 19.4 Å². The predicted molar refractivity (Wildman–Crippen MR) is 74.1 cm³/mol. The van der Waals surface area contributed by atoms with Crippen LogP contribution in [0.25, 0.3) is 0 Å². The van der Waals surface area contributed by atoms with Crippen molar-refractivity contribution in [3.8, 4) is 11.8 Å². The van der Waals surface area contributed by atoms with Crippen molar-refractivity contribution in [3.63, 3.8) is 0 Å². The van der Waals surface area contributed by atoms with Crippen molar-refractivity contribution in [1.29, 1.82) is 0 Å². The molecule has 0 fully saturated rings. The molecule has 1 aromatic carbocycles. The van der Waals surface area contributed by atoms with Gasteiger partial charge in [-0.1, -0.05) is 17.9 Å². The summed E-state index contributed by atoms with van der Waals surface area (Å²) >= 11 is 4.06. The van der Waals surface area contributed by atoms with Crippen LogP contribution in [-0.2, 0) is 9.84 Å². The second-order valence-corrected chi connectivity index (χ2v) is 6.85. The van der Waals surface area contributed by atoms with Crippen molar-refractivity contribution in [2.24, 2.45) is 0 Å². The van der Waals surface area contributed by atoms with Crippen LogP contribution in [0.1, 0.15) is 25.8 Å². The molecule has 17 heavy (non-hydrogen) atoms. The van der Waals surface area contributed by atoms with Gasteiger partial charge in [0.15, 0.2) is 9.84 Å². The number of benzene rings is 1. The van der Waals surface area contributed by atoms with Gasteiger partial charge in [-0.3, -0.25) is 0 Å². The summed E-state index contributed by atoms with van der Waals surface area (Å²) in [5, 5.41) is -0.414. The zero-order valence-corrected chi connectivity index (χ0v) is 11.7. The first kappa shape index (κ1) is 14.1. The highest BCUT2D eigenvalue weighted by Crippen LogP contribution is 2.16. The molecule has 2 nitrogen and oxygen atoms in total. The summed E-state index contributed by atoms with van der Waals surface area (Å²) in [6.07, 6.45) is 0.699. The van der Waals surface area contributed by atoms with Crippen molar-refractivity contribution in [2.75, 3.05) is 5.75 Å². The van der Waals surface area contributed by atoms with E-state index in [1.165, 1.54) is 0 Å². The Morgan fingerprint density at radius 2 is 2.06 bits per heavy atom. The van der Waals surface area contributed by atoms with E-state index in [0.29, 0.717) is 17.1 Å². The molecule has 0 atom stereocenters. The second-order valence-electron chi connectivity index (χ2n) is 3.90. The van der Waals surface area contributed by atoms with Crippen LogP contribution in [0, 0.1) is 11.8 Å². The van der Waals surface area contributed by atoms with Crippen LogP contribution in [0.3, 0.4) is 0 Å². The van der Waals surface area contributed by atoms with Gasteiger partial charge >= 0.3 is 0 Å². The fourth-order valence-corrected chi connectivity index (χ4v) is 2.46. The second kappa shape index (κ2) is 6.13. The molecule has 0 bridgehead atoms. The standard InChI is InChI=1S/C13H16O2S2/c1-11(2)17(14,15)13-8-5-7-12(10-13)6-3-4-9-16/h5,7-8,10-11,16H,4,9H2,1-2H3. The molecule has 0 radical (unpaired) electrons. The highest BCUT2D eigenvalue weighted by atomic mass is 32.2. The molecule has 0 unspecified atom stereocenters. The van der Waals surface area contributed by atoms with Crippen LogP contribution in [0.5, 0.6) is 0 Å². The van der Waals surface area contributed by atoms with Crippen LogP contribution < -0.4 is 0 Å². The summed E-state index contributed by atoms with van der Waals surface area (Å²) in [7, 11) is -3.21. The van der Waals surface area contributed by atoms with Gasteiger partial charge in [0, 0.05) is 17.7 Å². The maximum Gasteiger partial charge on any atom is 0.180 e. The summed E-state index contributed by atoms with van der Waals surface area (Å²) in [5.74, 6) is 6.58. The Morgan fingerprint density at radius 1 is 1.35 bits per heavy atom. The maximum absolute atomic E-state index is 12.0. The molecule has 0 saturated carbocycles. The Kier molecular flexibility index (Phi) is 5.10. The number of sulfone groups is 1. The quantitative estimate of drug-likeness (QED) is 0.675. The van der Waals surface area contributed by atoms with E-state index in [1.807, 2.05) is 6.07 Å². The van der Waals surface area contributed by atoms with E-state index in [-0.39, 0.29) is 0 Å². The molecule has 0 aromatic heterocycles. The average Bonchev–Trinajstić information content (AvgIpc) is 2.29. The van der Waals surface area contributed by atoms with Gasteiger partial charge in [-0.2, -0.15) is 12.6 Å². The fraction of sp³-hybridized carbons (Fsp3) is 0.385. The molecule has 0 aliphatic rings. The number of rotatable bonds is 3. The Hall–Kier alpha value is -0.920. The van der Waals surface area contributed by atoms with Crippen molar-refractivity contribution in [3.05, 3.63) is 29.8 Å². The smallest absolute Gasteiger partial charge is 0.180 e. The van der Waals surface area contributed by atoms with Crippen LogP contribution in [0.4, 0.5) is 0 Å².